The molecule has 0 heterocycles. The zero-order chi connectivity index (χ0) is 10.7. The molecule has 1 aromatic rings. The molecule has 0 saturated heterocycles. The molecule has 0 aliphatic rings. The number of carbonyl (C=O) groups is 1. The number of aliphatic carboxylic acids is 1. The Morgan fingerprint density at radius 2 is 2.29 bits per heavy atom. The average Bonchev–Trinajstić information content (AvgIpc) is 2.01. The fraction of sp³-hybridized carbons (Fsp3) is 0.222. The number of hydrogen-bond acceptors (Lipinski definition) is 2. The maximum atomic E-state index is 10.5. The Hall–Kier alpha value is -0.740. The van der Waals surface area contributed by atoms with E-state index in [9.17, 15) is 4.79 Å². The maximum Gasteiger partial charge on any atom is 0.307 e. The highest BCUT2D eigenvalue weighted by Gasteiger charge is 2.11. The molecule has 1 aromatic carbocycles. The van der Waals surface area contributed by atoms with E-state index >= 15 is 0 Å². The first-order valence-corrected chi connectivity index (χ1v) is 4.95. The summed E-state index contributed by atoms with van der Waals surface area (Å²) in [5.74, 6) is -0.408. The van der Waals surface area contributed by atoms with Gasteiger partial charge in [-0.05, 0) is 28.1 Å². The summed E-state index contributed by atoms with van der Waals surface area (Å²) in [5.41, 5.74) is 0.555. The van der Waals surface area contributed by atoms with Gasteiger partial charge < -0.3 is 9.84 Å². The summed E-state index contributed by atoms with van der Waals surface area (Å²) in [6.07, 6.45) is -0.109. The number of halogens is 2. The molecule has 0 atom stereocenters. The molecule has 5 heteroatoms. The summed E-state index contributed by atoms with van der Waals surface area (Å²) >= 11 is 9.03. The summed E-state index contributed by atoms with van der Waals surface area (Å²) in [4.78, 5) is 10.5. The SMILES string of the molecule is COc1c(Br)cc(Cl)cc1CC(=O)O. The van der Waals surface area contributed by atoms with Crippen LogP contribution in [0.1, 0.15) is 5.56 Å². The van der Waals surface area contributed by atoms with Crippen LogP contribution in [0.4, 0.5) is 0 Å². The molecule has 0 aromatic heterocycles. The summed E-state index contributed by atoms with van der Waals surface area (Å²) in [6, 6.07) is 3.24. The van der Waals surface area contributed by atoms with E-state index in [4.69, 9.17) is 21.4 Å². The third-order valence-corrected chi connectivity index (χ3v) is 2.44. The molecule has 14 heavy (non-hydrogen) atoms. The predicted molar refractivity (Wildman–Crippen MR) is 57.0 cm³/mol. The highest BCUT2D eigenvalue weighted by molar-refractivity contribution is 9.10. The second-order valence-electron chi connectivity index (χ2n) is 2.65. The number of carboxylic acid groups (broad SMARTS) is 1. The van der Waals surface area contributed by atoms with Crippen molar-refractivity contribution in [2.24, 2.45) is 0 Å². The van der Waals surface area contributed by atoms with Gasteiger partial charge in [0, 0.05) is 10.6 Å². The van der Waals surface area contributed by atoms with Crippen LogP contribution in [-0.2, 0) is 11.2 Å². The minimum absolute atomic E-state index is 0.109. The van der Waals surface area contributed by atoms with Gasteiger partial charge in [0.2, 0.25) is 0 Å². The van der Waals surface area contributed by atoms with E-state index in [2.05, 4.69) is 15.9 Å². The first-order chi connectivity index (χ1) is 6.54. The van der Waals surface area contributed by atoms with Gasteiger partial charge in [-0.15, -0.1) is 0 Å². The molecule has 0 saturated carbocycles. The van der Waals surface area contributed by atoms with Crippen molar-refractivity contribution >= 4 is 33.5 Å². The number of benzene rings is 1. The van der Waals surface area contributed by atoms with Crippen LogP contribution in [0.15, 0.2) is 16.6 Å². The number of hydrogen-bond donors (Lipinski definition) is 1. The lowest BCUT2D eigenvalue weighted by Crippen LogP contribution is -2.02. The molecule has 0 radical (unpaired) electrons. The molecule has 0 amide bonds. The van der Waals surface area contributed by atoms with Crippen LogP contribution < -0.4 is 4.74 Å². The zero-order valence-corrected chi connectivity index (χ0v) is 9.72. The van der Waals surface area contributed by atoms with Crippen LogP contribution in [0, 0.1) is 0 Å². The highest BCUT2D eigenvalue weighted by Crippen LogP contribution is 2.32. The van der Waals surface area contributed by atoms with E-state index in [0.717, 1.165) is 0 Å². The van der Waals surface area contributed by atoms with Gasteiger partial charge >= 0.3 is 5.97 Å². The van der Waals surface area contributed by atoms with Gasteiger partial charge in [-0.1, -0.05) is 11.6 Å². The topological polar surface area (TPSA) is 46.5 Å². The van der Waals surface area contributed by atoms with Crippen LogP contribution in [-0.4, -0.2) is 18.2 Å². The molecule has 3 nitrogen and oxygen atoms in total. The Morgan fingerprint density at radius 3 is 2.79 bits per heavy atom. The number of carboxylic acids is 1. The number of rotatable bonds is 3. The van der Waals surface area contributed by atoms with Crippen LogP contribution in [0.3, 0.4) is 0 Å². The molecule has 1 N–H and O–H groups in total. The van der Waals surface area contributed by atoms with Crippen LogP contribution >= 0.6 is 27.5 Å². The summed E-state index contributed by atoms with van der Waals surface area (Å²) in [7, 11) is 1.49. The number of ether oxygens (including phenoxy) is 1. The molecule has 76 valence electrons. The third kappa shape index (κ3) is 2.62. The number of methoxy groups -OCH3 is 1. The summed E-state index contributed by atoms with van der Waals surface area (Å²) < 4.78 is 5.72. The monoisotopic (exact) mass is 278 g/mol. The van der Waals surface area contributed by atoms with E-state index in [-0.39, 0.29) is 6.42 Å². The van der Waals surface area contributed by atoms with Gasteiger partial charge in [0.25, 0.3) is 0 Å². The second-order valence-corrected chi connectivity index (χ2v) is 3.94. The molecule has 0 aliphatic heterocycles. The van der Waals surface area contributed by atoms with Crippen molar-refractivity contribution in [1.82, 2.24) is 0 Å². The van der Waals surface area contributed by atoms with Gasteiger partial charge in [0.15, 0.2) is 0 Å². The first kappa shape index (κ1) is 11.3. The Balaban J connectivity index is 3.17. The molecular formula is C9H8BrClO3. The molecule has 0 fully saturated rings. The Kier molecular flexibility index (Phi) is 3.77. The second kappa shape index (κ2) is 4.66. The fourth-order valence-corrected chi connectivity index (χ4v) is 2.17. The van der Waals surface area contributed by atoms with Gasteiger partial charge in [-0.25, -0.2) is 0 Å². The van der Waals surface area contributed by atoms with E-state index in [0.29, 0.717) is 20.8 Å². The predicted octanol–water partition coefficient (Wildman–Crippen LogP) is 2.74. The lowest BCUT2D eigenvalue weighted by atomic mass is 10.1. The van der Waals surface area contributed by atoms with E-state index in [1.54, 1.807) is 12.1 Å². The third-order valence-electron chi connectivity index (χ3n) is 1.63. The normalized spacial score (nSPS) is 9.93. The van der Waals surface area contributed by atoms with Crippen molar-refractivity contribution in [3.05, 3.63) is 27.2 Å². The molecule has 0 bridgehead atoms. The quantitative estimate of drug-likeness (QED) is 0.925. The minimum atomic E-state index is -0.919. The smallest absolute Gasteiger partial charge is 0.307 e. The van der Waals surface area contributed by atoms with Crippen molar-refractivity contribution in [3.8, 4) is 5.75 Å². The Morgan fingerprint density at radius 1 is 1.64 bits per heavy atom. The van der Waals surface area contributed by atoms with Gasteiger partial charge in [-0.3, -0.25) is 4.79 Å². The van der Waals surface area contributed by atoms with Gasteiger partial charge in [0.1, 0.15) is 5.75 Å². The standard InChI is InChI=1S/C9H8BrClO3/c1-14-9-5(3-8(12)13)2-6(11)4-7(9)10/h2,4H,3H2,1H3,(H,12,13). The zero-order valence-electron chi connectivity index (χ0n) is 7.38. The van der Waals surface area contributed by atoms with Crippen molar-refractivity contribution in [2.45, 2.75) is 6.42 Å². The van der Waals surface area contributed by atoms with E-state index in [1.807, 2.05) is 0 Å². The summed E-state index contributed by atoms with van der Waals surface area (Å²) in [6.45, 7) is 0. The van der Waals surface area contributed by atoms with Crippen molar-refractivity contribution in [1.29, 1.82) is 0 Å². The van der Waals surface area contributed by atoms with Crippen molar-refractivity contribution in [3.63, 3.8) is 0 Å². The van der Waals surface area contributed by atoms with Gasteiger partial charge in [-0.2, -0.15) is 0 Å². The lowest BCUT2D eigenvalue weighted by molar-refractivity contribution is -0.136. The highest BCUT2D eigenvalue weighted by atomic mass is 79.9. The molecule has 1 rings (SSSR count). The summed E-state index contributed by atoms with van der Waals surface area (Å²) in [5, 5.41) is 9.14. The van der Waals surface area contributed by atoms with Crippen LogP contribution in [0.5, 0.6) is 5.75 Å². The largest absolute Gasteiger partial charge is 0.495 e. The van der Waals surface area contributed by atoms with Crippen molar-refractivity contribution in [2.75, 3.05) is 7.11 Å². The van der Waals surface area contributed by atoms with E-state index in [1.165, 1.54) is 7.11 Å². The fourth-order valence-electron chi connectivity index (χ4n) is 1.14. The van der Waals surface area contributed by atoms with Crippen molar-refractivity contribution < 1.29 is 14.6 Å². The van der Waals surface area contributed by atoms with Gasteiger partial charge in [0.05, 0.1) is 18.0 Å². The average molecular weight is 280 g/mol. The van der Waals surface area contributed by atoms with E-state index < -0.39 is 5.97 Å². The minimum Gasteiger partial charge on any atom is -0.495 e. The maximum absolute atomic E-state index is 10.5. The first-order valence-electron chi connectivity index (χ1n) is 3.78. The molecule has 0 spiro atoms. The molecule has 0 unspecified atom stereocenters. The van der Waals surface area contributed by atoms with Crippen LogP contribution in [0.25, 0.3) is 0 Å². The molecular weight excluding hydrogens is 271 g/mol. The lowest BCUT2D eigenvalue weighted by Gasteiger charge is -2.09. The molecule has 0 aliphatic carbocycles. The Bertz CT molecular complexity index is 365. The Labute approximate surface area is 94.8 Å². The van der Waals surface area contributed by atoms with Crippen LogP contribution in [0.2, 0.25) is 5.02 Å².